The van der Waals surface area contributed by atoms with Gasteiger partial charge in [0.1, 0.15) is 11.5 Å². The number of hydrogen-bond acceptors (Lipinski definition) is 4. The van der Waals surface area contributed by atoms with Gasteiger partial charge in [-0.15, -0.1) is 0 Å². The van der Waals surface area contributed by atoms with Crippen molar-refractivity contribution >= 4 is 5.70 Å². The lowest BCUT2D eigenvalue weighted by molar-refractivity contribution is 0.0794. The number of hydrogen-bond donors (Lipinski definition) is 1. The van der Waals surface area contributed by atoms with Gasteiger partial charge in [-0.1, -0.05) is 37.3 Å². The Kier molecular flexibility index (Phi) is 6.57. The Morgan fingerprint density at radius 3 is 2.50 bits per heavy atom. The Bertz CT molecular complexity index is 1340. The molecule has 2 fully saturated rings. The van der Waals surface area contributed by atoms with Gasteiger partial charge in [-0.25, -0.2) is 9.37 Å². The molecule has 2 aromatic carbocycles. The quantitative estimate of drug-likeness (QED) is 0.446. The van der Waals surface area contributed by atoms with Gasteiger partial charge in [0.2, 0.25) is 0 Å². The highest BCUT2D eigenvalue weighted by atomic mass is 19.1. The molecule has 1 saturated carbocycles. The van der Waals surface area contributed by atoms with E-state index < -0.39 is 5.67 Å². The summed E-state index contributed by atoms with van der Waals surface area (Å²) in [6, 6.07) is 15.8. The van der Waals surface area contributed by atoms with Crippen molar-refractivity contribution in [1.82, 2.24) is 19.8 Å². The fraction of sp³-hybridized carbons (Fsp3) is 0.438. The number of H-pyrrole nitrogens is 1. The van der Waals surface area contributed by atoms with Gasteiger partial charge in [-0.3, -0.25) is 0 Å². The molecule has 2 aliphatic heterocycles. The van der Waals surface area contributed by atoms with Crippen molar-refractivity contribution in [3.63, 3.8) is 0 Å². The highest BCUT2D eigenvalue weighted by Gasteiger charge is 2.37. The predicted molar refractivity (Wildman–Crippen MR) is 149 cm³/mol. The second-order valence-corrected chi connectivity index (χ2v) is 11.3. The van der Waals surface area contributed by atoms with Crippen LogP contribution in [0.25, 0.3) is 17.1 Å². The third kappa shape index (κ3) is 4.65. The van der Waals surface area contributed by atoms with Crippen LogP contribution in [0.1, 0.15) is 71.7 Å². The first-order chi connectivity index (χ1) is 18.4. The number of halogens is 1. The number of aromatic nitrogens is 2. The standard InChI is InChI=1S/C32H36FN5/c1-22(38-18-14-32(33,15-19-38)26-9-6-23(21-34)7-10-26)25-8-11-27(24-4-3-5-24)28(20-25)31-35-29-12-16-37(2)17-13-30(29)36-31/h6-11,20,24H,1,3-5,12-19H2,2H3,(H,35,36). The minimum absolute atomic E-state index is 0.407. The molecule has 5 nitrogen and oxygen atoms in total. The van der Waals surface area contributed by atoms with Gasteiger partial charge in [-0.05, 0) is 60.7 Å². The lowest BCUT2D eigenvalue weighted by Gasteiger charge is -2.39. The zero-order valence-electron chi connectivity index (χ0n) is 22.3. The van der Waals surface area contributed by atoms with Crippen LogP contribution in [-0.4, -0.2) is 53.0 Å². The largest absolute Gasteiger partial charge is 0.371 e. The highest BCUT2D eigenvalue weighted by molar-refractivity contribution is 5.71. The molecule has 0 spiro atoms. The predicted octanol–water partition coefficient (Wildman–Crippen LogP) is 6.18. The average molecular weight is 510 g/mol. The van der Waals surface area contributed by atoms with Gasteiger partial charge in [0.15, 0.2) is 0 Å². The van der Waals surface area contributed by atoms with Crippen LogP contribution in [0.2, 0.25) is 0 Å². The highest BCUT2D eigenvalue weighted by Crippen LogP contribution is 2.43. The third-order valence-corrected chi connectivity index (χ3v) is 8.99. The van der Waals surface area contributed by atoms with Crippen molar-refractivity contribution in [2.45, 2.75) is 56.5 Å². The second-order valence-electron chi connectivity index (χ2n) is 11.3. The minimum Gasteiger partial charge on any atom is -0.371 e. The Morgan fingerprint density at radius 2 is 1.82 bits per heavy atom. The number of rotatable bonds is 5. The first-order valence-electron chi connectivity index (χ1n) is 14.0. The Hall–Kier alpha value is -3.43. The average Bonchev–Trinajstić information content (AvgIpc) is 3.25. The lowest BCUT2D eigenvalue weighted by Crippen LogP contribution is -2.39. The molecule has 1 N–H and O–H groups in total. The minimum atomic E-state index is -1.37. The number of nitriles is 1. The summed E-state index contributed by atoms with van der Waals surface area (Å²) in [6.07, 6.45) is 6.55. The van der Waals surface area contributed by atoms with E-state index in [-0.39, 0.29) is 0 Å². The molecule has 6 heteroatoms. The summed E-state index contributed by atoms with van der Waals surface area (Å²) in [7, 11) is 2.18. The van der Waals surface area contributed by atoms with Crippen molar-refractivity contribution in [3.8, 4) is 17.5 Å². The summed E-state index contributed by atoms with van der Waals surface area (Å²) >= 11 is 0. The summed E-state index contributed by atoms with van der Waals surface area (Å²) in [5.74, 6) is 1.58. The molecule has 3 heterocycles. The smallest absolute Gasteiger partial charge is 0.139 e. The number of likely N-dealkylation sites (tertiary alicyclic amines) is 1. The van der Waals surface area contributed by atoms with Crippen LogP contribution in [0.5, 0.6) is 0 Å². The van der Waals surface area contributed by atoms with Crippen molar-refractivity contribution in [3.05, 3.63) is 82.7 Å². The van der Waals surface area contributed by atoms with E-state index in [1.807, 2.05) is 0 Å². The molecule has 0 bridgehead atoms. The molecule has 38 heavy (non-hydrogen) atoms. The van der Waals surface area contributed by atoms with E-state index in [9.17, 15) is 0 Å². The summed E-state index contributed by atoms with van der Waals surface area (Å²) in [5, 5.41) is 9.06. The first-order valence-corrected chi connectivity index (χ1v) is 14.0. The molecule has 0 radical (unpaired) electrons. The molecule has 6 rings (SSSR count). The van der Waals surface area contributed by atoms with E-state index in [1.54, 1.807) is 24.3 Å². The zero-order valence-corrected chi connectivity index (χ0v) is 22.3. The fourth-order valence-corrected chi connectivity index (χ4v) is 6.16. The molecule has 0 amide bonds. The summed E-state index contributed by atoms with van der Waals surface area (Å²) in [5.41, 5.74) is 6.94. The van der Waals surface area contributed by atoms with Crippen molar-refractivity contribution < 1.29 is 4.39 Å². The number of nitrogens with zero attached hydrogens (tertiary/aromatic N) is 4. The molecular weight excluding hydrogens is 473 g/mol. The van der Waals surface area contributed by atoms with Gasteiger partial charge in [0.25, 0.3) is 0 Å². The molecule has 0 atom stereocenters. The van der Waals surface area contributed by atoms with Crippen molar-refractivity contribution in [2.24, 2.45) is 0 Å². The monoisotopic (exact) mass is 509 g/mol. The Labute approximate surface area is 225 Å². The van der Waals surface area contributed by atoms with Crippen LogP contribution >= 0.6 is 0 Å². The van der Waals surface area contributed by atoms with E-state index in [1.165, 1.54) is 41.8 Å². The van der Waals surface area contributed by atoms with E-state index in [2.05, 4.69) is 52.7 Å². The SMILES string of the molecule is C=C(c1ccc(C2CCC2)c(-c2nc3c([nH]2)CCN(C)CC3)c1)N1CCC(F)(c2ccc(C#N)cc2)CC1. The summed E-state index contributed by atoms with van der Waals surface area (Å²) < 4.78 is 15.9. The van der Waals surface area contributed by atoms with Crippen LogP contribution in [0, 0.1) is 11.3 Å². The topological polar surface area (TPSA) is 59.0 Å². The normalized spacial score (nSPS) is 19.8. The number of piperidine rings is 1. The van der Waals surface area contributed by atoms with Crippen LogP contribution in [0.15, 0.2) is 49.0 Å². The van der Waals surface area contributed by atoms with Gasteiger partial charge in [0, 0.05) is 68.8 Å². The van der Waals surface area contributed by atoms with Gasteiger partial charge in [-0.2, -0.15) is 5.26 Å². The fourth-order valence-electron chi connectivity index (χ4n) is 6.16. The Morgan fingerprint density at radius 1 is 1.08 bits per heavy atom. The molecule has 196 valence electrons. The number of imidazole rings is 1. The number of nitrogens with one attached hydrogen (secondary N) is 1. The van der Waals surface area contributed by atoms with E-state index in [4.69, 9.17) is 10.2 Å². The van der Waals surface area contributed by atoms with Crippen LogP contribution < -0.4 is 0 Å². The van der Waals surface area contributed by atoms with E-state index in [0.717, 1.165) is 43.0 Å². The second kappa shape index (κ2) is 10.0. The maximum atomic E-state index is 15.9. The zero-order chi connectivity index (χ0) is 26.3. The van der Waals surface area contributed by atoms with Gasteiger partial charge < -0.3 is 14.8 Å². The lowest BCUT2D eigenvalue weighted by atomic mass is 9.77. The molecule has 0 unspecified atom stereocenters. The molecule has 1 aliphatic carbocycles. The summed E-state index contributed by atoms with van der Waals surface area (Å²) in [6.45, 7) is 7.76. The number of fused-ring (bicyclic) bond motifs is 1. The van der Waals surface area contributed by atoms with E-state index in [0.29, 0.717) is 43.0 Å². The van der Waals surface area contributed by atoms with Crippen LogP contribution in [0.4, 0.5) is 4.39 Å². The van der Waals surface area contributed by atoms with Crippen molar-refractivity contribution in [1.29, 1.82) is 5.26 Å². The molecule has 3 aliphatic rings. The summed E-state index contributed by atoms with van der Waals surface area (Å²) in [4.78, 5) is 13.4. The molecular formula is C32H36FN5. The Balaban J connectivity index is 1.23. The maximum Gasteiger partial charge on any atom is 0.139 e. The number of alkyl halides is 1. The van der Waals surface area contributed by atoms with Gasteiger partial charge >= 0.3 is 0 Å². The number of aromatic amines is 1. The van der Waals surface area contributed by atoms with Crippen LogP contribution in [-0.2, 0) is 18.5 Å². The van der Waals surface area contributed by atoms with Gasteiger partial charge in [0.05, 0.1) is 17.3 Å². The number of benzene rings is 2. The van der Waals surface area contributed by atoms with E-state index >= 15 is 4.39 Å². The van der Waals surface area contributed by atoms with Crippen LogP contribution in [0.3, 0.4) is 0 Å². The third-order valence-electron chi connectivity index (χ3n) is 8.99. The van der Waals surface area contributed by atoms with Crippen molar-refractivity contribution in [2.75, 3.05) is 33.2 Å². The first kappa shape index (κ1) is 24.9. The molecule has 1 saturated heterocycles. The maximum absolute atomic E-state index is 15.9. The number of likely N-dealkylation sites (N-methyl/N-ethyl adjacent to an activating group) is 1. The molecule has 1 aromatic heterocycles. The molecule has 3 aromatic rings.